The van der Waals surface area contributed by atoms with E-state index in [1.165, 1.54) is 11.1 Å². The van der Waals surface area contributed by atoms with E-state index in [-0.39, 0.29) is 0 Å². The summed E-state index contributed by atoms with van der Waals surface area (Å²) in [7, 11) is 1.77. The molecule has 0 aliphatic carbocycles. The van der Waals surface area contributed by atoms with Crippen LogP contribution in [-0.4, -0.2) is 58.8 Å². The molecule has 0 radical (unpaired) electrons. The second-order valence-corrected chi connectivity index (χ2v) is 7.03. The Morgan fingerprint density at radius 2 is 1.86 bits per heavy atom. The van der Waals surface area contributed by atoms with Crippen molar-refractivity contribution in [2.24, 2.45) is 4.99 Å². The van der Waals surface area contributed by atoms with Crippen molar-refractivity contribution in [2.75, 3.05) is 33.4 Å². The van der Waals surface area contributed by atoms with Crippen molar-refractivity contribution in [3.63, 3.8) is 0 Å². The fourth-order valence-electron chi connectivity index (χ4n) is 3.44. The Morgan fingerprint density at radius 1 is 1.03 bits per heavy atom. The van der Waals surface area contributed by atoms with E-state index < -0.39 is 0 Å². The van der Waals surface area contributed by atoms with Gasteiger partial charge >= 0.3 is 0 Å². The van der Waals surface area contributed by atoms with Crippen molar-refractivity contribution < 1.29 is 4.74 Å². The number of pyridine rings is 1. The monoisotopic (exact) mass is 393 g/mol. The number of nitrogens with zero attached hydrogens (tertiary/aromatic N) is 5. The quantitative estimate of drug-likeness (QED) is 0.487. The van der Waals surface area contributed by atoms with Gasteiger partial charge in [0.05, 0.1) is 19.8 Å². The lowest BCUT2D eigenvalue weighted by Crippen LogP contribution is -2.37. The van der Waals surface area contributed by atoms with Gasteiger partial charge < -0.3 is 15.4 Å². The highest BCUT2D eigenvalue weighted by molar-refractivity contribution is 5.79. The van der Waals surface area contributed by atoms with Gasteiger partial charge in [0.15, 0.2) is 17.4 Å². The van der Waals surface area contributed by atoms with E-state index in [0.717, 1.165) is 50.3 Å². The Hall–Kier alpha value is -2.97. The van der Waals surface area contributed by atoms with E-state index in [1.54, 1.807) is 7.05 Å². The fourth-order valence-corrected chi connectivity index (χ4v) is 3.44. The van der Waals surface area contributed by atoms with Gasteiger partial charge in [-0.15, -0.1) is 10.2 Å². The molecule has 0 saturated carbocycles. The molecule has 1 aliphatic heterocycles. The van der Waals surface area contributed by atoms with Crippen LogP contribution in [0.25, 0.3) is 5.65 Å². The number of aromatic nitrogens is 3. The van der Waals surface area contributed by atoms with Gasteiger partial charge in [0.25, 0.3) is 0 Å². The Kier molecular flexibility index (Phi) is 6.33. The van der Waals surface area contributed by atoms with Gasteiger partial charge in [-0.2, -0.15) is 0 Å². The molecule has 0 atom stereocenters. The van der Waals surface area contributed by atoms with Gasteiger partial charge in [-0.3, -0.25) is 14.3 Å². The number of rotatable bonds is 6. The predicted molar refractivity (Wildman–Crippen MR) is 113 cm³/mol. The first-order valence-electron chi connectivity index (χ1n) is 9.93. The van der Waals surface area contributed by atoms with E-state index in [0.29, 0.717) is 13.1 Å². The molecule has 29 heavy (non-hydrogen) atoms. The average molecular weight is 393 g/mol. The summed E-state index contributed by atoms with van der Waals surface area (Å²) < 4.78 is 7.40. The maximum Gasteiger partial charge on any atom is 0.191 e. The molecular weight excluding hydrogens is 366 g/mol. The van der Waals surface area contributed by atoms with Crippen LogP contribution in [0.2, 0.25) is 0 Å². The molecule has 8 nitrogen and oxygen atoms in total. The lowest BCUT2D eigenvalue weighted by Gasteiger charge is -2.26. The zero-order chi connectivity index (χ0) is 19.9. The number of hydrogen-bond donors (Lipinski definition) is 2. The normalized spacial score (nSPS) is 15.6. The molecule has 1 aromatic carbocycles. The molecule has 4 rings (SSSR count). The third kappa shape index (κ3) is 5.10. The molecule has 152 valence electrons. The van der Waals surface area contributed by atoms with Crippen LogP contribution in [0.1, 0.15) is 17.0 Å². The summed E-state index contributed by atoms with van der Waals surface area (Å²) in [5, 5.41) is 15.1. The largest absolute Gasteiger partial charge is 0.379 e. The van der Waals surface area contributed by atoms with E-state index in [1.807, 2.05) is 28.8 Å². The third-order valence-electron chi connectivity index (χ3n) is 4.98. The first-order valence-corrected chi connectivity index (χ1v) is 9.93. The lowest BCUT2D eigenvalue weighted by molar-refractivity contribution is 0.0342. The average Bonchev–Trinajstić information content (AvgIpc) is 3.18. The minimum Gasteiger partial charge on any atom is -0.379 e. The van der Waals surface area contributed by atoms with E-state index in [9.17, 15) is 0 Å². The van der Waals surface area contributed by atoms with Crippen LogP contribution in [0.15, 0.2) is 53.7 Å². The van der Waals surface area contributed by atoms with Crippen molar-refractivity contribution in [2.45, 2.75) is 19.6 Å². The van der Waals surface area contributed by atoms with Gasteiger partial charge in [0.1, 0.15) is 0 Å². The molecule has 0 bridgehead atoms. The standard InChI is InChI=1S/C21H27N7O/c1-22-21(24-15-20-26-25-19-7-2-3-8-28(19)20)23-14-17-5-4-6-18(13-17)16-27-9-11-29-12-10-27/h2-8,13H,9-12,14-16H2,1H3,(H2,22,23,24). The second-order valence-electron chi connectivity index (χ2n) is 7.03. The van der Waals surface area contributed by atoms with E-state index in [4.69, 9.17) is 4.74 Å². The molecule has 0 spiro atoms. The minimum absolute atomic E-state index is 0.544. The topological polar surface area (TPSA) is 79.1 Å². The smallest absolute Gasteiger partial charge is 0.191 e. The summed E-state index contributed by atoms with van der Waals surface area (Å²) in [4.78, 5) is 6.74. The van der Waals surface area contributed by atoms with Gasteiger partial charge in [0.2, 0.25) is 0 Å². The van der Waals surface area contributed by atoms with Crippen LogP contribution in [0.5, 0.6) is 0 Å². The van der Waals surface area contributed by atoms with Crippen LogP contribution in [0, 0.1) is 0 Å². The zero-order valence-electron chi connectivity index (χ0n) is 16.7. The van der Waals surface area contributed by atoms with Crippen molar-refractivity contribution in [1.82, 2.24) is 30.1 Å². The number of aliphatic imine (C=N–C) groups is 1. The van der Waals surface area contributed by atoms with Crippen LogP contribution in [-0.2, 0) is 24.4 Å². The maximum atomic E-state index is 5.43. The van der Waals surface area contributed by atoms with Crippen LogP contribution in [0.4, 0.5) is 0 Å². The molecule has 8 heteroatoms. The number of nitrogens with one attached hydrogen (secondary N) is 2. The highest BCUT2D eigenvalue weighted by atomic mass is 16.5. The van der Waals surface area contributed by atoms with Crippen LogP contribution < -0.4 is 10.6 Å². The summed E-state index contributed by atoms with van der Waals surface area (Å²) in [6, 6.07) is 14.5. The molecule has 1 fully saturated rings. The first-order chi connectivity index (χ1) is 14.3. The van der Waals surface area contributed by atoms with Gasteiger partial charge in [0, 0.05) is 39.4 Å². The first kappa shape index (κ1) is 19.4. The second kappa shape index (κ2) is 9.49. The number of fused-ring (bicyclic) bond motifs is 1. The summed E-state index contributed by atoms with van der Waals surface area (Å²) >= 11 is 0. The molecule has 1 aliphatic rings. The van der Waals surface area contributed by atoms with Gasteiger partial charge in [-0.1, -0.05) is 30.3 Å². The molecule has 2 aromatic heterocycles. The number of ether oxygens (including phenoxy) is 1. The van der Waals surface area contributed by atoms with Crippen molar-refractivity contribution in [3.8, 4) is 0 Å². The molecular formula is C21H27N7O. The highest BCUT2D eigenvalue weighted by Crippen LogP contribution is 2.10. The summed E-state index contributed by atoms with van der Waals surface area (Å²) in [6.45, 7) is 5.85. The summed E-state index contributed by atoms with van der Waals surface area (Å²) in [5.74, 6) is 1.58. The zero-order valence-corrected chi connectivity index (χ0v) is 16.7. The predicted octanol–water partition coefficient (Wildman–Crippen LogP) is 1.43. The number of morpholine rings is 1. The fraction of sp³-hybridized carbons (Fsp3) is 0.381. The van der Waals surface area contributed by atoms with Gasteiger partial charge in [-0.25, -0.2) is 0 Å². The third-order valence-corrected chi connectivity index (χ3v) is 4.98. The van der Waals surface area contributed by atoms with E-state index >= 15 is 0 Å². The van der Waals surface area contributed by atoms with E-state index in [2.05, 4.69) is 55.0 Å². The molecule has 0 amide bonds. The molecule has 0 unspecified atom stereocenters. The van der Waals surface area contributed by atoms with Crippen molar-refractivity contribution >= 4 is 11.6 Å². The Bertz CT molecular complexity index is 962. The van der Waals surface area contributed by atoms with Crippen LogP contribution in [0.3, 0.4) is 0 Å². The molecule has 3 heterocycles. The molecule has 1 saturated heterocycles. The molecule has 3 aromatic rings. The maximum absolute atomic E-state index is 5.43. The Labute approximate surface area is 170 Å². The minimum atomic E-state index is 0.544. The summed E-state index contributed by atoms with van der Waals surface area (Å²) in [6.07, 6.45) is 1.96. The highest BCUT2D eigenvalue weighted by Gasteiger charge is 2.11. The Morgan fingerprint density at radius 3 is 2.72 bits per heavy atom. The Balaban J connectivity index is 1.30. The lowest BCUT2D eigenvalue weighted by atomic mass is 10.1. The van der Waals surface area contributed by atoms with Gasteiger partial charge in [-0.05, 0) is 23.3 Å². The van der Waals surface area contributed by atoms with Crippen molar-refractivity contribution in [3.05, 3.63) is 65.6 Å². The molecule has 2 N–H and O–H groups in total. The number of guanidine groups is 1. The summed E-state index contributed by atoms with van der Waals surface area (Å²) in [5.41, 5.74) is 3.39. The number of benzene rings is 1. The number of hydrogen-bond acceptors (Lipinski definition) is 5. The SMILES string of the molecule is CN=C(NCc1cccc(CN2CCOCC2)c1)NCc1nnc2ccccn12. The van der Waals surface area contributed by atoms with Crippen molar-refractivity contribution in [1.29, 1.82) is 0 Å². The van der Waals surface area contributed by atoms with Crippen LogP contribution >= 0.6 is 0 Å².